The monoisotopic (exact) mass is 267 g/mol. The maximum atomic E-state index is 12.0. The molecule has 19 heavy (non-hydrogen) atoms. The van der Waals surface area contributed by atoms with Gasteiger partial charge in [0.2, 0.25) is 5.91 Å². The molecule has 0 saturated heterocycles. The van der Waals surface area contributed by atoms with Crippen molar-refractivity contribution in [2.75, 3.05) is 0 Å². The molecule has 0 spiro atoms. The van der Waals surface area contributed by atoms with Gasteiger partial charge in [0.05, 0.1) is 0 Å². The van der Waals surface area contributed by atoms with Crippen LogP contribution in [0.15, 0.2) is 0 Å². The summed E-state index contributed by atoms with van der Waals surface area (Å²) in [5.41, 5.74) is -1.02. The predicted molar refractivity (Wildman–Crippen MR) is 72.7 cm³/mol. The number of rotatable bonds is 3. The fraction of sp³-hybridized carbons (Fsp3) is 0.867. The molecule has 0 aliphatic heterocycles. The van der Waals surface area contributed by atoms with Gasteiger partial charge in [0.15, 0.2) is 0 Å². The van der Waals surface area contributed by atoms with Crippen LogP contribution in [-0.4, -0.2) is 33.5 Å². The summed E-state index contributed by atoms with van der Waals surface area (Å²) in [7, 11) is 0. The van der Waals surface area contributed by atoms with Crippen LogP contribution in [0.25, 0.3) is 0 Å². The molecule has 0 aromatic heterocycles. The summed E-state index contributed by atoms with van der Waals surface area (Å²) in [6, 6.07) is 0.148. The molecule has 2 unspecified atom stereocenters. The van der Waals surface area contributed by atoms with Crippen molar-refractivity contribution < 1.29 is 14.7 Å². The van der Waals surface area contributed by atoms with Crippen molar-refractivity contribution in [1.82, 2.24) is 4.90 Å². The molecule has 2 saturated carbocycles. The third kappa shape index (κ3) is 2.63. The number of aliphatic carboxylic acids is 1. The predicted octanol–water partition coefficient (Wildman–Crippen LogP) is 2.67. The normalized spacial score (nSPS) is 33.8. The number of carboxylic acid groups (broad SMARTS) is 1. The summed E-state index contributed by atoms with van der Waals surface area (Å²) in [6.45, 7) is 7.84. The Kier molecular flexibility index (Phi) is 3.40. The van der Waals surface area contributed by atoms with Gasteiger partial charge in [-0.25, -0.2) is 4.79 Å². The van der Waals surface area contributed by atoms with E-state index in [2.05, 4.69) is 20.8 Å². The lowest BCUT2D eigenvalue weighted by Gasteiger charge is -2.50. The molecule has 2 atom stereocenters. The Morgan fingerprint density at radius 2 is 1.79 bits per heavy atom. The number of amides is 1. The van der Waals surface area contributed by atoms with Gasteiger partial charge in [-0.3, -0.25) is 4.79 Å². The van der Waals surface area contributed by atoms with E-state index in [-0.39, 0.29) is 17.4 Å². The van der Waals surface area contributed by atoms with Gasteiger partial charge in [-0.2, -0.15) is 0 Å². The van der Waals surface area contributed by atoms with E-state index in [0.29, 0.717) is 18.8 Å². The summed E-state index contributed by atoms with van der Waals surface area (Å²) in [5.74, 6) is -0.579. The second-order valence-electron chi connectivity index (χ2n) is 7.31. The highest BCUT2D eigenvalue weighted by Crippen LogP contribution is 2.49. The molecule has 1 N–H and O–H groups in total. The number of carboxylic acids is 1. The fourth-order valence-electron chi connectivity index (χ4n) is 4.22. The Morgan fingerprint density at radius 3 is 2.16 bits per heavy atom. The zero-order valence-electron chi connectivity index (χ0n) is 12.4. The van der Waals surface area contributed by atoms with Crippen LogP contribution in [0.3, 0.4) is 0 Å². The van der Waals surface area contributed by atoms with E-state index in [1.807, 2.05) is 0 Å². The average molecular weight is 267 g/mol. The van der Waals surface area contributed by atoms with Gasteiger partial charge in [-0.15, -0.1) is 0 Å². The van der Waals surface area contributed by atoms with Crippen LogP contribution in [0.1, 0.15) is 59.8 Å². The third-order valence-electron chi connectivity index (χ3n) is 4.47. The smallest absolute Gasteiger partial charge is 0.329 e. The van der Waals surface area contributed by atoms with Crippen LogP contribution in [-0.2, 0) is 9.59 Å². The van der Waals surface area contributed by atoms with E-state index in [0.717, 1.165) is 19.3 Å². The minimum atomic E-state index is -0.992. The highest BCUT2D eigenvalue weighted by molar-refractivity contribution is 5.87. The molecule has 2 fully saturated rings. The van der Waals surface area contributed by atoms with E-state index in [9.17, 15) is 14.7 Å². The Labute approximate surface area is 115 Å². The Bertz CT molecular complexity index is 400. The Morgan fingerprint density at radius 1 is 1.21 bits per heavy atom. The Balaban J connectivity index is 2.41. The van der Waals surface area contributed by atoms with Gasteiger partial charge in [-0.05, 0) is 43.4 Å². The highest BCUT2D eigenvalue weighted by Gasteiger charge is 2.56. The molecule has 2 aliphatic rings. The molecule has 1 amide bonds. The molecule has 4 heteroatoms. The lowest BCUT2D eigenvalue weighted by molar-refractivity contribution is -0.167. The van der Waals surface area contributed by atoms with E-state index >= 15 is 0 Å². The maximum Gasteiger partial charge on any atom is 0.329 e. The molecule has 4 nitrogen and oxygen atoms in total. The van der Waals surface area contributed by atoms with E-state index in [4.69, 9.17) is 0 Å². The highest BCUT2D eigenvalue weighted by atomic mass is 16.4. The van der Waals surface area contributed by atoms with Gasteiger partial charge in [0, 0.05) is 13.0 Å². The maximum absolute atomic E-state index is 12.0. The molecule has 0 radical (unpaired) electrons. The SMILES string of the molecule is CC(=O)N(C1CC1)C1(C(=O)O)CC(C)CC(C)(C)C1. The zero-order chi connectivity index (χ0) is 14.4. The van der Waals surface area contributed by atoms with Crippen LogP contribution >= 0.6 is 0 Å². The minimum Gasteiger partial charge on any atom is -0.479 e. The van der Waals surface area contributed by atoms with E-state index < -0.39 is 11.5 Å². The summed E-state index contributed by atoms with van der Waals surface area (Å²) in [6.07, 6.45) is 4.07. The number of nitrogens with zero attached hydrogens (tertiary/aromatic N) is 1. The van der Waals surface area contributed by atoms with E-state index in [1.54, 1.807) is 4.90 Å². The van der Waals surface area contributed by atoms with Crippen molar-refractivity contribution in [3.8, 4) is 0 Å². The molecule has 0 aromatic rings. The first kappa shape index (κ1) is 14.4. The number of hydrogen-bond acceptors (Lipinski definition) is 2. The van der Waals surface area contributed by atoms with Crippen LogP contribution in [0, 0.1) is 11.3 Å². The van der Waals surface area contributed by atoms with Crippen molar-refractivity contribution in [2.24, 2.45) is 11.3 Å². The first-order valence-electron chi connectivity index (χ1n) is 7.21. The van der Waals surface area contributed by atoms with E-state index in [1.165, 1.54) is 6.92 Å². The molecule has 2 aliphatic carbocycles. The first-order chi connectivity index (χ1) is 8.68. The molecular weight excluding hydrogens is 242 g/mol. The quantitative estimate of drug-likeness (QED) is 0.855. The lowest BCUT2D eigenvalue weighted by Crippen LogP contribution is -2.62. The second-order valence-corrected chi connectivity index (χ2v) is 7.31. The average Bonchev–Trinajstić information content (AvgIpc) is 2.97. The topological polar surface area (TPSA) is 57.6 Å². The minimum absolute atomic E-state index is 0.0291. The summed E-state index contributed by atoms with van der Waals surface area (Å²) < 4.78 is 0. The molecule has 0 heterocycles. The second kappa shape index (κ2) is 4.50. The van der Waals surface area contributed by atoms with Crippen molar-refractivity contribution in [2.45, 2.75) is 71.4 Å². The van der Waals surface area contributed by atoms with Crippen molar-refractivity contribution in [3.05, 3.63) is 0 Å². The van der Waals surface area contributed by atoms with Crippen LogP contribution in [0.2, 0.25) is 0 Å². The van der Waals surface area contributed by atoms with Crippen LogP contribution in [0.4, 0.5) is 0 Å². The summed E-state index contributed by atoms with van der Waals surface area (Å²) >= 11 is 0. The molecule has 0 aromatic carbocycles. The number of hydrogen-bond donors (Lipinski definition) is 1. The van der Waals surface area contributed by atoms with Crippen molar-refractivity contribution >= 4 is 11.9 Å². The summed E-state index contributed by atoms with van der Waals surface area (Å²) in [4.78, 5) is 25.7. The zero-order valence-corrected chi connectivity index (χ0v) is 12.4. The van der Waals surface area contributed by atoms with Gasteiger partial charge in [0.25, 0.3) is 0 Å². The van der Waals surface area contributed by atoms with Crippen molar-refractivity contribution in [1.29, 1.82) is 0 Å². The first-order valence-corrected chi connectivity index (χ1v) is 7.21. The number of carbonyl (C=O) groups excluding carboxylic acids is 1. The molecular formula is C15H25NO3. The van der Waals surface area contributed by atoms with Crippen LogP contribution in [0.5, 0.6) is 0 Å². The fourth-order valence-corrected chi connectivity index (χ4v) is 4.22. The van der Waals surface area contributed by atoms with Gasteiger partial charge in [-0.1, -0.05) is 20.8 Å². The Hall–Kier alpha value is -1.06. The largest absolute Gasteiger partial charge is 0.479 e. The van der Waals surface area contributed by atoms with Gasteiger partial charge >= 0.3 is 5.97 Å². The van der Waals surface area contributed by atoms with Crippen LogP contribution < -0.4 is 0 Å². The number of carbonyl (C=O) groups is 2. The third-order valence-corrected chi connectivity index (χ3v) is 4.47. The van der Waals surface area contributed by atoms with Gasteiger partial charge < -0.3 is 10.0 Å². The van der Waals surface area contributed by atoms with Gasteiger partial charge in [0.1, 0.15) is 5.54 Å². The molecule has 0 bridgehead atoms. The molecule has 2 rings (SSSR count). The molecule has 108 valence electrons. The van der Waals surface area contributed by atoms with Crippen molar-refractivity contribution in [3.63, 3.8) is 0 Å². The standard InChI is InChI=1S/C15H25NO3/c1-10-7-14(3,4)9-15(8-10,13(18)19)16(11(2)17)12-5-6-12/h10,12H,5-9H2,1-4H3,(H,18,19). The summed E-state index contributed by atoms with van der Waals surface area (Å²) in [5, 5.41) is 9.84. The lowest BCUT2D eigenvalue weighted by atomic mass is 9.63.